The third-order valence-corrected chi connectivity index (χ3v) is 8.60. The number of morpholine rings is 1. The number of aromatic nitrogens is 1. The standard InChI is InChI=1S/C20H17NO2S2.C11H15NO.C3H6.2C2H6/c1-13-3-5-15(6-4-13)19-18(11-22)21-20(25-19)16-7-9-17(10-8-16)24-12-14(2)23;1-10-2-4-11(5-3-10)12-6-8-13-9-7-12;1-2-3-1;2*1-2/h3-11,23H,2,12H2,1H3;2-5H,6-9H2,1H3;1-3H2;2*1-2H3. The van der Waals surface area contributed by atoms with Gasteiger partial charge in [-0.3, -0.25) is 4.79 Å². The minimum absolute atomic E-state index is 0.160. The topological polar surface area (TPSA) is 62.7 Å². The second-order valence-electron chi connectivity index (χ2n) is 10.1. The van der Waals surface area contributed by atoms with Crippen molar-refractivity contribution >= 4 is 35.1 Å². The van der Waals surface area contributed by atoms with E-state index in [-0.39, 0.29) is 5.76 Å². The van der Waals surface area contributed by atoms with Crippen molar-refractivity contribution in [1.29, 1.82) is 0 Å². The summed E-state index contributed by atoms with van der Waals surface area (Å²) in [7, 11) is 0. The number of thiazole rings is 1. The average molecular weight is 647 g/mol. The number of nitrogens with zero attached hydrogens (tertiary/aromatic N) is 2. The second-order valence-corrected chi connectivity index (χ2v) is 12.1. The summed E-state index contributed by atoms with van der Waals surface area (Å²) in [6.45, 7) is 19.4. The summed E-state index contributed by atoms with van der Waals surface area (Å²) in [5.74, 6) is 0.635. The van der Waals surface area contributed by atoms with Gasteiger partial charge in [0.2, 0.25) is 0 Å². The zero-order valence-electron chi connectivity index (χ0n) is 27.8. The summed E-state index contributed by atoms with van der Waals surface area (Å²) in [4.78, 5) is 20.2. The van der Waals surface area contributed by atoms with E-state index in [2.05, 4.69) is 47.7 Å². The van der Waals surface area contributed by atoms with E-state index < -0.39 is 0 Å². The molecule has 45 heavy (non-hydrogen) atoms. The smallest absolute Gasteiger partial charge is 0.169 e. The van der Waals surface area contributed by atoms with Crippen molar-refractivity contribution in [3.8, 4) is 21.0 Å². The van der Waals surface area contributed by atoms with Gasteiger partial charge in [0.15, 0.2) is 6.29 Å². The number of aldehydes is 1. The molecule has 0 spiro atoms. The van der Waals surface area contributed by atoms with E-state index in [1.807, 2.05) is 83.1 Å². The molecular weight excluding hydrogens is 597 g/mol. The number of rotatable bonds is 7. The van der Waals surface area contributed by atoms with Crippen molar-refractivity contribution in [1.82, 2.24) is 4.98 Å². The molecule has 1 aromatic heterocycles. The Labute approximate surface area is 279 Å². The molecule has 7 heteroatoms. The van der Waals surface area contributed by atoms with Crippen LogP contribution in [0.15, 0.2) is 90.0 Å². The molecule has 2 fully saturated rings. The second kappa shape index (κ2) is 21.4. The molecule has 1 saturated carbocycles. The fourth-order valence-corrected chi connectivity index (χ4v) is 5.59. The van der Waals surface area contributed by atoms with Crippen LogP contribution in [0.25, 0.3) is 21.0 Å². The Morgan fingerprint density at radius 3 is 1.87 bits per heavy atom. The van der Waals surface area contributed by atoms with Crippen LogP contribution in [0.5, 0.6) is 0 Å². The Hall–Kier alpha value is -3.39. The van der Waals surface area contributed by atoms with Crippen molar-refractivity contribution in [2.75, 3.05) is 37.0 Å². The molecule has 0 atom stereocenters. The van der Waals surface area contributed by atoms with Gasteiger partial charge in [-0.1, -0.05) is 113 Å². The van der Waals surface area contributed by atoms with Crippen LogP contribution in [0.2, 0.25) is 0 Å². The van der Waals surface area contributed by atoms with E-state index in [1.165, 1.54) is 59.2 Å². The molecule has 0 amide bonds. The average Bonchev–Trinajstić information content (AvgIpc) is 3.93. The first kappa shape index (κ1) is 37.8. The molecule has 2 heterocycles. The van der Waals surface area contributed by atoms with Crippen molar-refractivity contribution in [3.05, 3.63) is 102 Å². The molecular formula is C38H50N2O3S2. The lowest BCUT2D eigenvalue weighted by Gasteiger charge is -2.28. The monoisotopic (exact) mass is 646 g/mol. The molecule has 2 aliphatic rings. The maximum absolute atomic E-state index is 11.4. The Bertz CT molecular complexity index is 1390. The van der Waals surface area contributed by atoms with E-state index in [0.717, 1.165) is 58.5 Å². The quantitative estimate of drug-likeness (QED) is 0.122. The van der Waals surface area contributed by atoms with Crippen molar-refractivity contribution in [3.63, 3.8) is 0 Å². The summed E-state index contributed by atoms with van der Waals surface area (Å²) in [6.07, 6.45) is 5.31. The fraction of sp³-hybridized carbons (Fsp3) is 0.368. The molecule has 0 bridgehead atoms. The van der Waals surface area contributed by atoms with E-state index in [1.54, 1.807) is 0 Å². The SMILES string of the molecule is C1CC1.C=C(O)CSc1ccc(-c2nc(C=O)c(-c3ccc(C)cc3)s2)cc1.CC.CC.Cc1ccc(N2CCOCC2)cc1. The molecule has 242 valence electrons. The number of ether oxygens (including phenoxy) is 1. The third kappa shape index (κ3) is 13.6. The highest BCUT2D eigenvalue weighted by Crippen LogP contribution is 2.35. The van der Waals surface area contributed by atoms with E-state index in [0.29, 0.717) is 11.4 Å². The van der Waals surface area contributed by atoms with E-state index in [4.69, 9.17) is 4.74 Å². The van der Waals surface area contributed by atoms with Crippen LogP contribution >= 0.6 is 23.1 Å². The summed E-state index contributed by atoms with van der Waals surface area (Å²) in [6, 6.07) is 24.7. The molecule has 0 unspecified atom stereocenters. The Kier molecular flexibility index (Phi) is 17.9. The Morgan fingerprint density at radius 2 is 1.38 bits per heavy atom. The van der Waals surface area contributed by atoms with E-state index >= 15 is 0 Å². The van der Waals surface area contributed by atoms with Crippen LogP contribution in [0.4, 0.5) is 5.69 Å². The minimum Gasteiger partial charge on any atom is -0.512 e. The first-order chi connectivity index (χ1) is 21.9. The Balaban J connectivity index is 0.000000292. The van der Waals surface area contributed by atoms with Crippen LogP contribution < -0.4 is 4.90 Å². The van der Waals surface area contributed by atoms with Gasteiger partial charge in [-0.05, 0) is 43.7 Å². The summed E-state index contributed by atoms with van der Waals surface area (Å²) < 4.78 is 5.30. The maximum Gasteiger partial charge on any atom is 0.169 e. The molecule has 0 radical (unpaired) electrons. The number of carbonyl (C=O) groups excluding carboxylic acids is 1. The molecule has 4 aromatic rings. The normalized spacial score (nSPS) is 12.8. The molecule has 1 aliphatic heterocycles. The fourth-order valence-electron chi connectivity index (χ4n) is 3.88. The summed E-state index contributed by atoms with van der Waals surface area (Å²) in [5, 5.41) is 10.00. The van der Waals surface area contributed by atoms with Gasteiger partial charge in [0.05, 0.1) is 29.6 Å². The zero-order chi connectivity index (χ0) is 33.0. The zero-order valence-corrected chi connectivity index (χ0v) is 29.5. The summed E-state index contributed by atoms with van der Waals surface area (Å²) >= 11 is 3.04. The van der Waals surface area contributed by atoms with Crippen LogP contribution in [0, 0.1) is 13.8 Å². The highest BCUT2D eigenvalue weighted by Gasteiger charge is 2.14. The highest BCUT2D eigenvalue weighted by molar-refractivity contribution is 7.99. The molecule has 3 aromatic carbocycles. The number of aryl methyl sites for hydroxylation is 2. The predicted octanol–water partition coefficient (Wildman–Crippen LogP) is 10.8. The lowest BCUT2D eigenvalue weighted by atomic mass is 10.1. The molecule has 1 N–H and O–H groups in total. The highest BCUT2D eigenvalue weighted by atomic mass is 32.2. The summed E-state index contributed by atoms with van der Waals surface area (Å²) in [5.41, 5.74) is 6.26. The van der Waals surface area contributed by atoms with Gasteiger partial charge in [-0.15, -0.1) is 23.1 Å². The Morgan fingerprint density at radius 1 is 0.867 bits per heavy atom. The number of benzene rings is 3. The maximum atomic E-state index is 11.4. The van der Waals surface area contributed by atoms with Gasteiger partial charge in [0.1, 0.15) is 10.7 Å². The van der Waals surface area contributed by atoms with Crippen molar-refractivity contribution < 1.29 is 14.6 Å². The predicted molar refractivity (Wildman–Crippen MR) is 196 cm³/mol. The van der Waals surface area contributed by atoms with Crippen LogP contribution in [-0.2, 0) is 4.74 Å². The van der Waals surface area contributed by atoms with Crippen molar-refractivity contribution in [2.24, 2.45) is 0 Å². The van der Waals surface area contributed by atoms with Gasteiger partial charge in [-0.25, -0.2) is 4.98 Å². The number of carbonyl (C=O) groups is 1. The largest absolute Gasteiger partial charge is 0.512 e. The lowest BCUT2D eigenvalue weighted by Crippen LogP contribution is -2.36. The molecule has 1 aliphatic carbocycles. The molecule has 5 nitrogen and oxygen atoms in total. The van der Waals surface area contributed by atoms with Crippen LogP contribution in [-0.4, -0.2) is 48.4 Å². The first-order valence-electron chi connectivity index (χ1n) is 16.0. The number of hydrogen-bond donors (Lipinski definition) is 1. The molecule has 1 saturated heterocycles. The molecule has 6 rings (SSSR count). The first-order valence-corrected chi connectivity index (χ1v) is 17.8. The number of aliphatic hydroxyl groups is 1. The van der Waals surface area contributed by atoms with Crippen molar-refractivity contribution in [2.45, 2.75) is 65.7 Å². The number of thioether (sulfide) groups is 1. The number of hydrogen-bond acceptors (Lipinski definition) is 7. The number of aliphatic hydroxyl groups excluding tert-OH is 1. The van der Waals surface area contributed by atoms with Gasteiger partial charge >= 0.3 is 0 Å². The third-order valence-electron chi connectivity index (χ3n) is 6.35. The van der Waals surface area contributed by atoms with Gasteiger partial charge in [0, 0.05) is 29.2 Å². The lowest BCUT2D eigenvalue weighted by molar-refractivity contribution is 0.112. The van der Waals surface area contributed by atoms with Crippen LogP contribution in [0.3, 0.4) is 0 Å². The van der Waals surface area contributed by atoms with Gasteiger partial charge < -0.3 is 14.7 Å². The van der Waals surface area contributed by atoms with Crippen LogP contribution in [0.1, 0.15) is 68.6 Å². The van der Waals surface area contributed by atoms with Gasteiger partial charge in [0.25, 0.3) is 0 Å². The minimum atomic E-state index is 0.160. The van der Waals surface area contributed by atoms with E-state index in [9.17, 15) is 9.90 Å². The van der Waals surface area contributed by atoms with Gasteiger partial charge in [-0.2, -0.15) is 0 Å². The number of anilines is 1.